The number of ether oxygens (including phenoxy) is 1. The van der Waals surface area contributed by atoms with Crippen LogP contribution in [0.2, 0.25) is 0 Å². The van der Waals surface area contributed by atoms with E-state index < -0.39 is 0 Å². The van der Waals surface area contributed by atoms with Crippen molar-refractivity contribution in [1.82, 2.24) is 0 Å². The Hall–Kier alpha value is -1.28. The molecule has 0 unspecified atom stereocenters. The van der Waals surface area contributed by atoms with Crippen LogP contribution in [0.4, 0.5) is 0 Å². The molecule has 0 saturated heterocycles. The zero-order valence-corrected chi connectivity index (χ0v) is 11.3. The van der Waals surface area contributed by atoms with Crippen LogP contribution in [-0.2, 0) is 0 Å². The van der Waals surface area contributed by atoms with Gasteiger partial charge in [0, 0.05) is 0 Å². The van der Waals surface area contributed by atoms with Gasteiger partial charge in [0.1, 0.15) is 5.75 Å². The third-order valence-corrected chi connectivity index (χ3v) is 2.92. The Bertz CT molecular complexity index is 394. The van der Waals surface area contributed by atoms with Crippen molar-refractivity contribution >= 4 is 5.57 Å². The van der Waals surface area contributed by atoms with Crippen LogP contribution in [-0.4, -0.2) is 13.7 Å². The third-order valence-electron chi connectivity index (χ3n) is 2.92. The van der Waals surface area contributed by atoms with Crippen LogP contribution in [0.15, 0.2) is 24.3 Å². The molecule has 0 saturated carbocycles. The molecule has 0 heterocycles. The lowest BCUT2D eigenvalue weighted by Gasteiger charge is -2.14. The molecular weight excluding hydrogens is 210 g/mol. The number of rotatable bonds is 5. The number of benzene rings is 1. The van der Waals surface area contributed by atoms with Gasteiger partial charge in [-0.05, 0) is 54.6 Å². The largest absolute Gasteiger partial charge is 0.496 e. The molecule has 0 amide bonds. The van der Waals surface area contributed by atoms with Crippen LogP contribution in [0.3, 0.4) is 0 Å². The van der Waals surface area contributed by atoms with Crippen LogP contribution in [0, 0.1) is 0 Å². The first kappa shape index (κ1) is 13.8. The SMILES string of the molecule is COc1ccc(/C(C)=C/CCN)cc1C(C)C. The van der Waals surface area contributed by atoms with E-state index in [1.807, 2.05) is 6.07 Å². The second-order valence-corrected chi connectivity index (χ2v) is 4.58. The Morgan fingerprint density at radius 1 is 1.41 bits per heavy atom. The van der Waals surface area contributed by atoms with Crippen molar-refractivity contribution in [2.24, 2.45) is 5.73 Å². The van der Waals surface area contributed by atoms with Gasteiger partial charge in [0.15, 0.2) is 0 Å². The summed E-state index contributed by atoms with van der Waals surface area (Å²) < 4.78 is 5.38. The standard InChI is InChI=1S/C15H23NO/c1-11(2)14-10-13(7-8-15(14)17-4)12(3)6-5-9-16/h6-8,10-11H,5,9,16H2,1-4H3/b12-6+. The summed E-state index contributed by atoms with van der Waals surface area (Å²) in [6.45, 7) is 7.19. The van der Waals surface area contributed by atoms with Crippen molar-refractivity contribution in [3.63, 3.8) is 0 Å². The van der Waals surface area contributed by atoms with Gasteiger partial charge in [0.05, 0.1) is 7.11 Å². The van der Waals surface area contributed by atoms with Gasteiger partial charge in [-0.1, -0.05) is 26.0 Å². The van der Waals surface area contributed by atoms with Crippen molar-refractivity contribution < 1.29 is 4.74 Å². The number of methoxy groups -OCH3 is 1. The fraction of sp³-hybridized carbons (Fsp3) is 0.467. The highest BCUT2D eigenvalue weighted by atomic mass is 16.5. The van der Waals surface area contributed by atoms with E-state index in [-0.39, 0.29) is 0 Å². The summed E-state index contributed by atoms with van der Waals surface area (Å²) in [6, 6.07) is 6.36. The second-order valence-electron chi connectivity index (χ2n) is 4.58. The van der Waals surface area contributed by atoms with Crippen molar-refractivity contribution in [3.8, 4) is 5.75 Å². The highest BCUT2D eigenvalue weighted by Crippen LogP contribution is 2.29. The molecule has 2 heteroatoms. The van der Waals surface area contributed by atoms with Crippen molar-refractivity contribution in [2.75, 3.05) is 13.7 Å². The van der Waals surface area contributed by atoms with E-state index in [9.17, 15) is 0 Å². The summed E-state index contributed by atoms with van der Waals surface area (Å²) in [5.74, 6) is 1.43. The van der Waals surface area contributed by atoms with Crippen molar-refractivity contribution in [1.29, 1.82) is 0 Å². The van der Waals surface area contributed by atoms with Crippen LogP contribution in [0.1, 0.15) is 44.2 Å². The molecule has 94 valence electrons. The molecular formula is C15H23NO. The molecule has 0 spiro atoms. The van der Waals surface area contributed by atoms with Crippen LogP contribution in [0.5, 0.6) is 5.75 Å². The van der Waals surface area contributed by atoms with E-state index in [0.717, 1.165) is 12.2 Å². The average Bonchev–Trinajstić information content (AvgIpc) is 2.34. The summed E-state index contributed by atoms with van der Waals surface area (Å²) in [5.41, 5.74) is 9.30. The summed E-state index contributed by atoms with van der Waals surface area (Å²) in [4.78, 5) is 0. The molecule has 1 aromatic rings. The molecule has 0 aromatic heterocycles. The molecule has 0 atom stereocenters. The Morgan fingerprint density at radius 2 is 2.12 bits per heavy atom. The lowest BCUT2D eigenvalue weighted by molar-refractivity contribution is 0.407. The van der Waals surface area contributed by atoms with Gasteiger partial charge in [0.2, 0.25) is 0 Å². The van der Waals surface area contributed by atoms with Crippen LogP contribution in [0.25, 0.3) is 5.57 Å². The van der Waals surface area contributed by atoms with Gasteiger partial charge in [-0.25, -0.2) is 0 Å². The summed E-state index contributed by atoms with van der Waals surface area (Å²) in [6.07, 6.45) is 3.11. The van der Waals surface area contributed by atoms with Gasteiger partial charge in [-0.3, -0.25) is 0 Å². The maximum Gasteiger partial charge on any atom is 0.122 e. The van der Waals surface area contributed by atoms with Crippen molar-refractivity contribution in [3.05, 3.63) is 35.4 Å². The minimum absolute atomic E-state index is 0.465. The van der Waals surface area contributed by atoms with Gasteiger partial charge < -0.3 is 10.5 Å². The van der Waals surface area contributed by atoms with E-state index in [4.69, 9.17) is 10.5 Å². The molecule has 1 rings (SSSR count). The van der Waals surface area contributed by atoms with Crippen molar-refractivity contribution in [2.45, 2.75) is 33.1 Å². The summed E-state index contributed by atoms with van der Waals surface area (Å²) >= 11 is 0. The molecule has 1 aromatic carbocycles. The molecule has 0 radical (unpaired) electrons. The Labute approximate surface area is 104 Å². The molecule has 2 nitrogen and oxygen atoms in total. The quantitative estimate of drug-likeness (QED) is 0.843. The number of hydrogen-bond donors (Lipinski definition) is 1. The van der Waals surface area contributed by atoms with E-state index in [1.165, 1.54) is 16.7 Å². The first-order valence-corrected chi connectivity index (χ1v) is 6.15. The maximum absolute atomic E-state index is 5.51. The van der Waals surface area contributed by atoms with E-state index in [2.05, 4.69) is 39.0 Å². The maximum atomic E-state index is 5.51. The average molecular weight is 233 g/mol. The van der Waals surface area contributed by atoms with Gasteiger partial charge in [-0.15, -0.1) is 0 Å². The lowest BCUT2D eigenvalue weighted by atomic mass is 9.96. The topological polar surface area (TPSA) is 35.2 Å². The van der Waals surface area contributed by atoms with E-state index in [0.29, 0.717) is 12.5 Å². The predicted molar refractivity (Wildman–Crippen MR) is 74.4 cm³/mol. The van der Waals surface area contributed by atoms with E-state index >= 15 is 0 Å². The van der Waals surface area contributed by atoms with Gasteiger partial charge in [-0.2, -0.15) is 0 Å². The Morgan fingerprint density at radius 3 is 2.65 bits per heavy atom. The Balaban J connectivity index is 3.07. The highest BCUT2D eigenvalue weighted by molar-refractivity contribution is 5.65. The second kappa shape index (κ2) is 6.45. The summed E-state index contributed by atoms with van der Waals surface area (Å²) in [5, 5.41) is 0. The minimum Gasteiger partial charge on any atom is -0.496 e. The molecule has 0 bridgehead atoms. The predicted octanol–water partition coefficient (Wildman–Crippen LogP) is 3.57. The first-order valence-electron chi connectivity index (χ1n) is 6.15. The first-order chi connectivity index (χ1) is 8.10. The lowest BCUT2D eigenvalue weighted by Crippen LogP contribution is -1.97. The third kappa shape index (κ3) is 3.60. The number of allylic oxidation sites excluding steroid dienone is 1. The molecule has 17 heavy (non-hydrogen) atoms. The molecule has 0 fully saturated rings. The fourth-order valence-corrected chi connectivity index (χ4v) is 1.85. The monoisotopic (exact) mass is 233 g/mol. The minimum atomic E-state index is 0.465. The molecule has 2 N–H and O–H groups in total. The van der Waals surface area contributed by atoms with E-state index in [1.54, 1.807) is 7.11 Å². The zero-order chi connectivity index (χ0) is 12.8. The fourth-order valence-electron chi connectivity index (χ4n) is 1.85. The Kier molecular flexibility index (Phi) is 5.23. The highest BCUT2D eigenvalue weighted by Gasteiger charge is 2.08. The summed E-state index contributed by atoms with van der Waals surface area (Å²) in [7, 11) is 1.72. The number of hydrogen-bond acceptors (Lipinski definition) is 2. The normalized spacial score (nSPS) is 12.0. The molecule has 0 aliphatic carbocycles. The van der Waals surface area contributed by atoms with Gasteiger partial charge >= 0.3 is 0 Å². The van der Waals surface area contributed by atoms with Crippen LogP contribution >= 0.6 is 0 Å². The number of nitrogens with two attached hydrogens (primary N) is 1. The zero-order valence-electron chi connectivity index (χ0n) is 11.3. The molecule has 0 aliphatic heterocycles. The smallest absolute Gasteiger partial charge is 0.122 e. The van der Waals surface area contributed by atoms with Gasteiger partial charge in [0.25, 0.3) is 0 Å². The molecule has 0 aliphatic rings. The van der Waals surface area contributed by atoms with Crippen LogP contribution < -0.4 is 10.5 Å².